The van der Waals surface area contributed by atoms with Gasteiger partial charge in [-0.25, -0.2) is 22.1 Å². The zero-order valence-corrected chi connectivity index (χ0v) is 11.9. The lowest BCUT2D eigenvalue weighted by molar-refractivity contribution is 0.151. The van der Waals surface area contributed by atoms with E-state index in [4.69, 9.17) is 0 Å². The summed E-state index contributed by atoms with van der Waals surface area (Å²) in [5.74, 6) is -0.578. The van der Waals surface area contributed by atoms with E-state index < -0.39 is 29.3 Å². The van der Waals surface area contributed by atoms with Crippen molar-refractivity contribution in [2.24, 2.45) is 0 Å². The molecule has 0 aliphatic heterocycles. The third-order valence-corrected chi connectivity index (χ3v) is 4.62. The molecule has 0 aliphatic carbocycles. The molecule has 0 radical (unpaired) electrons. The Hall–Kier alpha value is -0.880. The van der Waals surface area contributed by atoms with Gasteiger partial charge in [0.15, 0.2) is 0 Å². The van der Waals surface area contributed by atoms with Crippen molar-refractivity contribution in [1.82, 2.24) is 4.72 Å². The highest BCUT2D eigenvalue weighted by atomic mass is 32.2. The fourth-order valence-electron chi connectivity index (χ4n) is 1.54. The predicted molar refractivity (Wildman–Crippen MR) is 70.8 cm³/mol. The van der Waals surface area contributed by atoms with E-state index in [0.717, 1.165) is 18.2 Å². The molecule has 0 aliphatic rings. The van der Waals surface area contributed by atoms with E-state index in [-0.39, 0.29) is 16.4 Å². The molecule has 2 nitrogen and oxygen atoms in total. The van der Waals surface area contributed by atoms with Crippen molar-refractivity contribution in [3.8, 4) is 0 Å². The Kier molecular flexibility index (Phi) is 6.00. The molecule has 1 N–H and O–H groups in total. The largest absolute Gasteiger partial charge is 0.263 e. The molecule has 0 heterocycles. The van der Waals surface area contributed by atoms with Crippen LogP contribution in [-0.4, -0.2) is 9.46 Å². The number of alkyl halides is 2. The van der Waals surface area contributed by atoms with Gasteiger partial charge in [0.25, 0.3) is 6.43 Å². The quantitative estimate of drug-likeness (QED) is 0.847. The molecule has 0 saturated carbocycles. The number of nitrogens with one attached hydrogen (secondary N) is 1. The third-order valence-electron chi connectivity index (χ3n) is 2.97. The molecule has 0 aromatic heterocycles. The van der Waals surface area contributed by atoms with E-state index in [2.05, 4.69) is 4.72 Å². The summed E-state index contributed by atoms with van der Waals surface area (Å²) in [5, 5.41) is -0.0798. The van der Waals surface area contributed by atoms with Crippen LogP contribution in [0, 0.1) is 5.82 Å². The van der Waals surface area contributed by atoms with Crippen LogP contribution in [0.1, 0.15) is 50.8 Å². The number of hydrogen-bond donors (Lipinski definition) is 1. The Morgan fingerprint density at radius 2 is 1.95 bits per heavy atom. The molecule has 1 rings (SSSR count). The van der Waals surface area contributed by atoms with E-state index >= 15 is 0 Å². The highest BCUT2D eigenvalue weighted by Crippen LogP contribution is 2.25. The van der Waals surface area contributed by atoms with E-state index in [0.29, 0.717) is 6.42 Å². The van der Waals surface area contributed by atoms with Crippen molar-refractivity contribution in [3.63, 3.8) is 0 Å². The number of halogens is 3. The Morgan fingerprint density at radius 3 is 2.47 bits per heavy atom. The van der Waals surface area contributed by atoms with E-state index in [1.807, 2.05) is 13.8 Å². The number of benzene rings is 1. The summed E-state index contributed by atoms with van der Waals surface area (Å²) in [6, 6.07) is 2.60. The van der Waals surface area contributed by atoms with Gasteiger partial charge in [0.1, 0.15) is 5.82 Å². The zero-order valence-electron chi connectivity index (χ0n) is 11.1. The average molecular weight is 293 g/mol. The normalized spacial score (nSPS) is 16.4. The second-order valence-electron chi connectivity index (χ2n) is 4.44. The first-order chi connectivity index (χ1) is 8.86. The molecule has 0 amide bonds. The van der Waals surface area contributed by atoms with Gasteiger partial charge in [-0.1, -0.05) is 13.0 Å². The molecule has 0 fully saturated rings. The molecule has 1 aromatic carbocycles. The maximum Gasteiger partial charge on any atom is 0.263 e. The Bertz CT molecular complexity index is 454. The van der Waals surface area contributed by atoms with Crippen LogP contribution in [0.2, 0.25) is 0 Å². The van der Waals surface area contributed by atoms with Crippen LogP contribution in [0.15, 0.2) is 18.2 Å². The molecular weight excluding hydrogens is 275 g/mol. The summed E-state index contributed by atoms with van der Waals surface area (Å²) in [6.45, 7) is 5.31. The monoisotopic (exact) mass is 293 g/mol. The van der Waals surface area contributed by atoms with Gasteiger partial charge in [-0.15, -0.1) is 0 Å². The van der Waals surface area contributed by atoms with Gasteiger partial charge in [-0.05, 0) is 32.4 Å². The lowest BCUT2D eigenvalue weighted by Crippen LogP contribution is -2.28. The summed E-state index contributed by atoms with van der Waals surface area (Å²) in [6.07, 6.45) is -1.93. The van der Waals surface area contributed by atoms with E-state index in [1.165, 1.54) is 0 Å². The van der Waals surface area contributed by atoms with Crippen molar-refractivity contribution in [2.45, 2.75) is 44.9 Å². The highest BCUT2D eigenvalue weighted by molar-refractivity contribution is 7.83. The van der Waals surface area contributed by atoms with Crippen molar-refractivity contribution in [2.75, 3.05) is 0 Å². The zero-order chi connectivity index (χ0) is 14.6. The van der Waals surface area contributed by atoms with Crippen LogP contribution < -0.4 is 4.72 Å². The first kappa shape index (κ1) is 16.2. The van der Waals surface area contributed by atoms with Crippen LogP contribution >= 0.6 is 0 Å². The van der Waals surface area contributed by atoms with E-state index in [9.17, 15) is 17.4 Å². The summed E-state index contributed by atoms with van der Waals surface area (Å²) in [5.41, 5.74) is -0.131. The summed E-state index contributed by atoms with van der Waals surface area (Å²) < 4.78 is 53.4. The predicted octanol–water partition coefficient (Wildman–Crippen LogP) is 3.88. The molecule has 0 spiro atoms. The van der Waals surface area contributed by atoms with Crippen molar-refractivity contribution < 1.29 is 17.4 Å². The number of rotatable bonds is 6. The molecule has 6 heteroatoms. The Balaban J connectivity index is 2.89. The van der Waals surface area contributed by atoms with Gasteiger partial charge < -0.3 is 0 Å². The molecule has 0 bridgehead atoms. The summed E-state index contributed by atoms with van der Waals surface area (Å²) in [4.78, 5) is 0. The molecule has 108 valence electrons. The maximum atomic E-state index is 13.6. The number of hydrogen-bond acceptors (Lipinski definition) is 1. The second-order valence-corrected chi connectivity index (χ2v) is 6.07. The second kappa shape index (κ2) is 7.05. The van der Waals surface area contributed by atoms with Gasteiger partial charge in [-0.2, -0.15) is 0 Å². The Labute approximate surface area is 114 Å². The van der Waals surface area contributed by atoms with Crippen LogP contribution in [0.3, 0.4) is 0 Å². The van der Waals surface area contributed by atoms with Gasteiger partial charge in [0, 0.05) is 22.4 Å². The Morgan fingerprint density at radius 1 is 1.32 bits per heavy atom. The maximum absolute atomic E-state index is 13.6. The minimum atomic E-state index is -2.65. The van der Waals surface area contributed by atoms with Crippen molar-refractivity contribution in [3.05, 3.63) is 35.1 Å². The average Bonchev–Trinajstić information content (AvgIpc) is 2.37. The molecule has 19 heavy (non-hydrogen) atoms. The minimum Gasteiger partial charge on any atom is -0.243 e. The van der Waals surface area contributed by atoms with Gasteiger partial charge in [0.05, 0.1) is 11.0 Å². The van der Waals surface area contributed by atoms with Crippen LogP contribution in [0.25, 0.3) is 0 Å². The lowest BCUT2D eigenvalue weighted by atomic mass is 10.1. The van der Waals surface area contributed by atoms with Gasteiger partial charge in [-0.3, -0.25) is 0 Å². The summed E-state index contributed by atoms with van der Waals surface area (Å²) >= 11 is 0. The minimum absolute atomic E-state index is 0.0798. The van der Waals surface area contributed by atoms with Crippen LogP contribution in [0.5, 0.6) is 0 Å². The fraction of sp³-hybridized carbons (Fsp3) is 0.538. The van der Waals surface area contributed by atoms with Crippen LogP contribution in [-0.2, 0) is 11.0 Å². The molecule has 3 atom stereocenters. The van der Waals surface area contributed by atoms with Crippen molar-refractivity contribution >= 4 is 11.0 Å². The first-order valence-electron chi connectivity index (χ1n) is 6.11. The first-order valence-corrected chi connectivity index (χ1v) is 7.32. The molecule has 1 unspecified atom stereocenters. The standard InChI is InChI=1S/C13H18F3NOS/c1-4-8(2)19(18)17-9(3)11-7-10(13(15)16)5-6-12(11)14/h5-9,13,17H,4H2,1-3H3/t8-,9+,19?/m1/s1. The van der Waals surface area contributed by atoms with Gasteiger partial charge >= 0.3 is 0 Å². The van der Waals surface area contributed by atoms with Crippen LogP contribution in [0.4, 0.5) is 13.2 Å². The lowest BCUT2D eigenvalue weighted by Gasteiger charge is -2.18. The fourth-order valence-corrected chi connectivity index (χ4v) is 2.55. The topological polar surface area (TPSA) is 29.1 Å². The molecule has 1 aromatic rings. The van der Waals surface area contributed by atoms with Gasteiger partial charge in [0.2, 0.25) is 0 Å². The molecule has 0 saturated heterocycles. The smallest absolute Gasteiger partial charge is 0.243 e. The third kappa shape index (κ3) is 4.31. The molecular formula is C13H18F3NOS. The SMILES string of the molecule is CC[C@@H](C)S(=O)N[C@@H](C)c1cc(C(F)F)ccc1F. The summed E-state index contributed by atoms with van der Waals surface area (Å²) in [7, 11) is -1.33. The highest BCUT2D eigenvalue weighted by Gasteiger charge is 2.18. The van der Waals surface area contributed by atoms with E-state index in [1.54, 1.807) is 6.92 Å². The van der Waals surface area contributed by atoms with Crippen molar-refractivity contribution in [1.29, 1.82) is 0 Å².